The summed E-state index contributed by atoms with van der Waals surface area (Å²) in [7, 11) is 0. The largest absolute Gasteiger partial charge is 0.444 e. The summed E-state index contributed by atoms with van der Waals surface area (Å²) >= 11 is 0. The Labute approximate surface area is 132 Å². The van der Waals surface area contributed by atoms with E-state index >= 15 is 0 Å². The first-order chi connectivity index (χ1) is 10.3. The summed E-state index contributed by atoms with van der Waals surface area (Å²) < 4.78 is 5.46. The standard InChI is InChI=1S/C16H28N2O4/c1-16(2,3)22-15(21)17-7-5-4-6-13(10-17)18-9-12(11-19)8-14(18)20/h12-13,19H,4-11H2,1-3H3. The van der Waals surface area contributed by atoms with Crippen molar-refractivity contribution >= 4 is 12.0 Å². The van der Waals surface area contributed by atoms with Gasteiger partial charge in [-0.05, 0) is 40.0 Å². The van der Waals surface area contributed by atoms with Crippen LogP contribution in [0.2, 0.25) is 0 Å². The maximum absolute atomic E-state index is 12.3. The number of aliphatic hydroxyl groups is 1. The fourth-order valence-electron chi connectivity index (χ4n) is 3.15. The average molecular weight is 312 g/mol. The third-order valence-corrected chi connectivity index (χ3v) is 4.24. The van der Waals surface area contributed by atoms with Crippen LogP contribution in [0.5, 0.6) is 0 Å². The molecule has 0 bridgehead atoms. The second kappa shape index (κ2) is 6.86. The molecule has 0 radical (unpaired) electrons. The Morgan fingerprint density at radius 2 is 2.05 bits per heavy atom. The number of likely N-dealkylation sites (tertiary alicyclic amines) is 2. The minimum Gasteiger partial charge on any atom is -0.444 e. The molecule has 6 heteroatoms. The fourth-order valence-corrected chi connectivity index (χ4v) is 3.15. The quantitative estimate of drug-likeness (QED) is 0.841. The number of nitrogens with zero attached hydrogens (tertiary/aromatic N) is 2. The van der Waals surface area contributed by atoms with Gasteiger partial charge in [0.2, 0.25) is 5.91 Å². The van der Waals surface area contributed by atoms with Crippen LogP contribution in [-0.2, 0) is 9.53 Å². The van der Waals surface area contributed by atoms with Crippen LogP contribution in [0.15, 0.2) is 0 Å². The first-order valence-electron chi connectivity index (χ1n) is 8.18. The third kappa shape index (κ3) is 4.35. The Bertz CT molecular complexity index is 419. The van der Waals surface area contributed by atoms with Gasteiger partial charge in [-0.2, -0.15) is 0 Å². The number of amides is 2. The number of carbonyl (C=O) groups excluding carboxylic acids is 2. The average Bonchev–Trinajstić information content (AvgIpc) is 2.64. The molecule has 126 valence electrons. The maximum Gasteiger partial charge on any atom is 0.410 e. The van der Waals surface area contributed by atoms with E-state index in [9.17, 15) is 14.7 Å². The molecule has 2 aliphatic heterocycles. The highest BCUT2D eigenvalue weighted by Crippen LogP contribution is 2.25. The number of rotatable bonds is 2. The van der Waals surface area contributed by atoms with E-state index in [1.54, 1.807) is 4.90 Å². The molecule has 2 heterocycles. The molecular weight excluding hydrogens is 284 g/mol. The van der Waals surface area contributed by atoms with Crippen LogP contribution in [0.3, 0.4) is 0 Å². The van der Waals surface area contributed by atoms with Crippen molar-refractivity contribution < 1.29 is 19.4 Å². The SMILES string of the molecule is CC(C)(C)OC(=O)N1CCCCC(N2CC(CO)CC2=O)C1. The number of hydrogen-bond donors (Lipinski definition) is 1. The van der Waals surface area contributed by atoms with Crippen LogP contribution in [-0.4, -0.2) is 64.8 Å². The minimum atomic E-state index is -0.510. The summed E-state index contributed by atoms with van der Waals surface area (Å²) in [4.78, 5) is 28.0. The van der Waals surface area contributed by atoms with Crippen molar-refractivity contribution in [3.63, 3.8) is 0 Å². The number of ether oxygens (including phenoxy) is 1. The molecule has 2 atom stereocenters. The van der Waals surface area contributed by atoms with Gasteiger partial charge in [0, 0.05) is 44.6 Å². The lowest BCUT2D eigenvalue weighted by Gasteiger charge is -2.32. The normalized spacial score (nSPS) is 27.0. The Balaban J connectivity index is 2.01. The van der Waals surface area contributed by atoms with E-state index in [2.05, 4.69) is 0 Å². The molecule has 0 aromatic heterocycles. The van der Waals surface area contributed by atoms with Gasteiger partial charge < -0.3 is 19.6 Å². The smallest absolute Gasteiger partial charge is 0.410 e. The highest BCUT2D eigenvalue weighted by Gasteiger charge is 2.36. The summed E-state index contributed by atoms with van der Waals surface area (Å²) in [6, 6.07) is 0.0408. The zero-order valence-electron chi connectivity index (χ0n) is 13.9. The fraction of sp³-hybridized carbons (Fsp3) is 0.875. The van der Waals surface area contributed by atoms with Crippen LogP contribution in [0, 0.1) is 5.92 Å². The molecule has 2 unspecified atom stereocenters. The topological polar surface area (TPSA) is 70.1 Å². The first-order valence-corrected chi connectivity index (χ1v) is 8.18. The highest BCUT2D eigenvalue weighted by atomic mass is 16.6. The van der Waals surface area contributed by atoms with Crippen LogP contribution >= 0.6 is 0 Å². The van der Waals surface area contributed by atoms with E-state index in [1.807, 2.05) is 25.7 Å². The number of hydrogen-bond acceptors (Lipinski definition) is 4. The molecule has 0 aromatic rings. The van der Waals surface area contributed by atoms with Gasteiger partial charge in [-0.1, -0.05) is 0 Å². The van der Waals surface area contributed by atoms with Crippen LogP contribution < -0.4 is 0 Å². The van der Waals surface area contributed by atoms with E-state index in [4.69, 9.17) is 4.74 Å². The molecule has 6 nitrogen and oxygen atoms in total. The molecule has 2 saturated heterocycles. The van der Waals surface area contributed by atoms with Crippen molar-refractivity contribution in [2.75, 3.05) is 26.2 Å². The second-order valence-electron chi connectivity index (χ2n) is 7.37. The second-order valence-corrected chi connectivity index (χ2v) is 7.37. The van der Waals surface area contributed by atoms with Crippen LogP contribution in [0.1, 0.15) is 46.5 Å². The lowest BCUT2D eigenvalue weighted by molar-refractivity contribution is -0.130. The Morgan fingerprint density at radius 3 is 2.64 bits per heavy atom. The minimum absolute atomic E-state index is 0.0331. The van der Waals surface area contributed by atoms with Crippen LogP contribution in [0.25, 0.3) is 0 Å². The number of aliphatic hydroxyl groups excluding tert-OH is 1. The zero-order valence-corrected chi connectivity index (χ0v) is 13.9. The molecule has 2 rings (SSSR count). The van der Waals surface area contributed by atoms with Crippen molar-refractivity contribution in [3.8, 4) is 0 Å². The van der Waals surface area contributed by atoms with Crippen molar-refractivity contribution in [2.45, 2.75) is 58.1 Å². The van der Waals surface area contributed by atoms with Gasteiger partial charge >= 0.3 is 6.09 Å². The predicted octanol–water partition coefficient (Wildman–Crippen LogP) is 1.62. The molecule has 0 spiro atoms. The lowest BCUT2D eigenvalue weighted by Crippen LogP contribution is -2.46. The highest BCUT2D eigenvalue weighted by molar-refractivity contribution is 5.79. The first kappa shape index (κ1) is 17.1. The van der Waals surface area contributed by atoms with E-state index in [1.165, 1.54) is 0 Å². The van der Waals surface area contributed by atoms with Gasteiger partial charge in [0.1, 0.15) is 5.60 Å². The molecular formula is C16H28N2O4. The van der Waals surface area contributed by atoms with Crippen LogP contribution in [0.4, 0.5) is 4.79 Å². The molecule has 22 heavy (non-hydrogen) atoms. The summed E-state index contributed by atoms with van der Waals surface area (Å²) in [5.41, 5.74) is -0.510. The van der Waals surface area contributed by atoms with E-state index < -0.39 is 5.60 Å². The predicted molar refractivity (Wildman–Crippen MR) is 82.4 cm³/mol. The van der Waals surface area contributed by atoms with Crippen molar-refractivity contribution in [2.24, 2.45) is 5.92 Å². The van der Waals surface area contributed by atoms with Gasteiger partial charge in [0.05, 0.1) is 0 Å². The van der Waals surface area contributed by atoms with Crippen molar-refractivity contribution in [1.29, 1.82) is 0 Å². The zero-order chi connectivity index (χ0) is 16.3. The summed E-state index contributed by atoms with van der Waals surface area (Å²) in [6.07, 6.45) is 2.95. The summed E-state index contributed by atoms with van der Waals surface area (Å²) in [5.74, 6) is 0.126. The molecule has 0 aromatic carbocycles. The molecule has 2 amide bonds. The van der Waals surface area contributed by atoms with E-state index in [0.717, 1.165) is 19.3 Å². The third-order valence-electron chi connectivity index (χ3n) is 4.24. The molecule has 2 fully saturated rings. The van der Waals surface area contributed by atoms with Gasteiger partial charge in [0.15, 0.2) is 0 Å². The Hall–Kier alpha value is -1.30. The van der Waals surface area contributed by atoms with Gasteiger partial charge in [0.25, 0.3) is 0 Å². The lowest BCUT2D eigenvalue weighted by atomic mass is 10.1. The van der Waals surface area contributed by atoms with E-state index in [0.29, 0.717) is 26.1 Å². The van der Waals surface area contributed by atoms with Crippen molar-refractivity contribution in [1.82, 2.24) is 9.80 Å². The molecule has 1 N–H and O–H groups in total. The van der Waals surface area contributed by atoms with E-state index in [-0.39, 0.29) is 30.6 Å². The summed E-state index contributed by atoms with van der Waals surface area (Å²) in [5, 5.41) is 9.26. The molecule has 2 aliphatic rings. The monoisotopic (exact) mass is 312 g/mol. The van der Waals surface area contributed by atoms with Crippen molar-refractivity contribution in [3.05, 3.63) is 0 Å². The maximum atomic E-state index is 12.3. The van der Waals surface area contributed by atoms with Gasteiger partial charge in [-0.15, -0.1) is 0 Å². The molecule has 0 aliphatic carbocycles. The summed E-state index contributed by atoms with van der Waals surface area (Å²) in [6.45, 7) is 7.42. The number of carbonyl (C=O) groups is 2. The van der Waals surface area contributed by atoms with Gasteiger partial charge in [-0.25, -0.2) is 4.79 Å². The Kier molecular flexibility index (Phi) is 5.32. The van der Waals surface area contributed by atoms with Gasteiger partial charge in [-0.3, -0.25) is 4.79 Å². The Morgan fingerprint density at radius 1 is 1.32 bits per heavy atom. The molecule has 0 saturated carbocycles.